The highest BCUT2D eigenvalue weighted by molar-refractivity contribution is 5.98. The molecule has 1 atom stereocenters. The van der Waals surface area contributed by atoms with Crippen LogP contribution in [0.1, 0.15) is 27.0 Å². The lowest BCUT2D eigenvalue weighted by atomic mass is 10.0. The number of carbonyl (C=O) groups is 1. The first-order valence-corrected chi connectivity index (χ1v) is 11.7. The number of methoxy groups -OCH3 is 1. The van der Waals surface area contributed by atoms with Gasteiger partial charge < -0.3 is 29.6 Å². The van der Waals surface area contributed by atoms with Gasteiger partial charge in [0.2, 0.25) is 0 Å². The van der Waals surface area contributed by atoms with Crippen LogP contribution in [0.4, 0.5) is 0 Å². The summed E-state index contributed by atoms with van der Waals surface area (Å²) in [5.74, 6) is 7.36. The van der Waals surface area contributed by atoms with Crippen LogP contribution in [0.25, 0.3) is 10.9 Å². The highest BCUT2D eigenvalue weighted by Gasteiger charge is 2.24. The summed E-state index contributed by atoms with van der Waals surface area (Å²) in [5.41, 5.74) is 3.68. The second-order valence-electron chi connectivity index (χ2n) is 8.41. The van der Waals surface area contributed by atoms with Crippen LogP contribution in [-0.2, 0) is 6.42 Å². The Hall–Kier alpha value is -4.41. The first-order chi connectivity index (χ1) is 17.7. The zero-order chi connectivity index (χ0) is 24.9. The highest BCUT2D eigenvalue weighted by Crippen LogP contribution is 2.35. The molecule has 0 saturated heterocycles. The molecule has 0 fully saturated rings. The molecular formula is C29H26N2O5. The molecule has 2 heterocycles. The van der Waals surface area contributed by atoms with Gasteiger partial charge in [0.1, 0.15) is 19.0 Å². The van der Waals surface area contributed by atoms with E-state index < -0.39 is 6.04 Å². The summed E-state index contributed by atoms with van der Waals surface area (Å²) in [6.45, 7) is 0.521. The number of aromatic nitrogens is 1. The number of aliphatic hydroxyl groups excluding tert-OH is 1. The van der Waals surface area contributed by atoms with E-state index in [-0.39, 0.29) is 12.5 Å². The summed E-state index contributed by atoms with van der Waals surface area (Å²) in [7, 11) is 1.60. The molecule has 0 bridgehead atoms. The molecule has 4 aromatic rings. The van der Waals surface area contributed by atoms with Crippen LogP contribution in [0, 0.1) is 11.8 Å². The van der Waals surface area contributed by atoms with Crippen molar-refractivity contribution in [2.75, 3.05) is 26.9 Å². The Morgan fingerprint density at radius 1 is 1.11 bits per heavy atom. The van der Waals surface area contributed by atoms with E-state index in [2.05, 4.69) is 22.1 Å². The van der Waals surface area contributed by atoms with Crippen LogP contribution >= 0.6 is 0 Å². The molecule has 0 spiro atoms. The van der Waals surface area contributed by atoms with Crippen molar-refractivity contribution in [2.45, 2.75) is 12.5 Å². The van der Waals surface area contributed by atoms with Gasteiger partial charge in [-0.05, 0) is 42.3 Å². The van der Waals surface area contributed by atoms with Crippen molar-refractivity contribution < 1.29 is 24.1 Å². The second kappa shape index (κ2) is 10.5. The molecule has 1 aliphatic rings. The zero-order valence-corrected chi connectivity index (χ0v) is 19.8. The monoisotopic (exact) mass is 482 g/mol. The van der Waals surface area contributed by atoms with E-state index >= 15 is 0 Å². The van der Waals surface area contributed by atoms with E-state index in [9.17, 15) is 9.90 Å². The Morgan fingerprint density at radius 3 is 2.78 bits per heavy atom. The molecule has 0 radical (unpaired) electrons. The lowest BCUT2D eigenvalue weighted by molar-refractivity contribution is 0.0905. The Kier molecular flexibility index (Phi) is 6.78. The quantitative estimate of drug-likeness (QED) is 0.365. The molecule has 0 aliphatic carbocycles. The van der Waals surface area contributed by atoms with Crippen LogP contribution in [0.5, 0.6) is 17.2 Å². The van der Waals surface area contributed by atoms with Crippen LogP contribution in [0.2, 0.25) is 0 Å². The number of fused-ring (bicyclic) bond motifs is 2. The largest absolute Gasteiger partial charge is 0.495 e. The van der Waals surface area contributed by atoms with E-state index in [4.69, 9.17) is 14.2 Å². The van der Waals surface area contributed by atoms with Crippen molar-refractivity contribution in [2.24, 2.45) is 0 Å². The van der Waals surface area contributed by atoms with Crippen molar-refractivity contribution in [3.63, 3.8) is 0 Å². The number of amides is 1. The topological polar surface area (TPSA) is 92.8 Å². The third-order valence-corrected chi connectivity index (χ3v) is 6.03. The minimum Gasteiger partial charge on any atom is -0.495 e. The molecule has 1 aromatic heterocycles. The number of rotatable bonds is 6. The number of carbonyl (C=O) groups excluding carboxylic acids is 1. The average Bonchev–Trinajstić information content (AvgIpc) is 3.33. The molecule has 0 saturated carbocycles. The lowest BCUT2D eigenvalue weighted by Gasteiger charge is -2.22. The number of nitrogens with one attached hydrogen (secondary N) is 2. The molecule has 7 nitrogen and oxygen atoms in total. The predicted molar refractivity (Wildman–Crippen MR) is 137 cm³/mol. The second-order valence-corrected chi connectivity index (χ2v) is 8.41. The summed E-state index contributed by atoms with van der Waals surface area (Å²) in [6.07, 6.45) is 2.38. The van der Waals surface area contributed by atoms with Gasteiger partial charge >= 0.3 is 0 Å². The van der Waals surface area contributed by atoms with Crippen LogP contribution in [0.15, 0.2) is 66.9 Å². The molecular weight excluding hydrogens is 456 g/mol. The Labute approximate surface area is 209 Å². The van der Waals surface area contributed by atoms with Gasteiger partial charge in [0.15, 0.2) is 11.5 Å². The first-order valence-electron chi connectivity index (χ1n) is 11.7. The van der Waals surface area contributed by atoms with Crippen molar-refractivity contribution in [3.05, 3.63) is 89.1 Å². The summed E-state index contributed by atoms with van der Waals surface area (Å²) in [5, 5.41) is 14.0. The van der Waals surface area contributed by atoms with E-state index in [1.165, 1.54) is 0 Å². The van der Waals surface area contributed by atoms with E-state index in [0.717, 1.165) is 22.0 Å². The number of aromatic amines is 1. The van der Waals surface area contributed by atoms with Crippen molar-refractivity contribution in [1.82, 2.24) is 10.3 Å². The van der Waals surface area contributed by atoms with Crippen LogP contribution in [-0.4, -0.2) is 49.0 Å². The predicted octanol–water partition coefficient (Wildman–Crippen LogP) is 3.68. The fourth-order valence-corrected chi connectivity index (χ4v) is 4.27. The highest BCUT2D eigenvalue weighted by atomic mass is 16.6. The van der Waals surface area contributed by atoms with Gasteiger partial charge in [0, 0.05) is 22.7 Å². The smallest absolute Gasteiger partial charge is 0.255 e. The molecule has 0 unspecified atom stereocenters. The third kappa shape index (κ3) is 4.85. The Balaban J connectivity index is 1.42. The van der Waals surface area contributed by atoms with Gasteiger partial charge in [-0.25, -0.2) is 0 Å². The molecule has 5 rings (SSSR count). The molecule has 1 amide bonds. The van der Waals surface area contributed by atoms with Crippen molar-refractivity contribution in [1.29, 1.82) is 0 Å². The maximum absolute atomic E-state index is 13.4. The van der Waals surface area contributed by atoms with Crippen molar-refractivity contribution in [3.8, 4) is 29.1 Å². The van der Waals surface area contributed by atoms with Gasteiger partial charge in [-0.15, -0.1) is 0 Å². The number of benzene rings is 3. The normalized spacial score (nSPS) is 12.9. The van der Waals surface area contributed by atoms with Gasteiger partial charge in [-0.3, -0.25) is 4.79 Å². The number of para-hydroxylation sites is 2. The average molecular weight is 483 g/mol. The maximum Gasteiger partial charge on any atom is 0.255 e. The lowest BCUT2D eigenvalue weighted by Crippen LogP contribution is -2.39. The Bertz CT molecular complexity index is 1460. The number of ether oxygens (including phenoxy) is 3. The van der Waals surface area contributed by atoms with Crippen LogP contribution in [0.3, 0.4) is 0 Å². The zero-order valence-electron chi connectivity index (χ0n) is 19.8. The SMILES string of the molecule is COc1ccccc1C#Cc1cc2c(c(C(=O)N[C@@H](CO)Cc3c[nH]c4ccccc34)c1)OCCO2. The molecule has 182 valence electrons. The number of hydrogen-bond acceptors (Lipinski definition) is 5. The summed E-state index contributed by atoms with van der Waals surface area (Å²) in [4.78, 5) is 16.6. The fourth-order valence-electron chi connectivity index (χ4n) is 4.27. The van der Waals surface area contributed by atoms with Gasteiger partial charge in [-0.1, -0.05) is 42.2 Å². The van der Waals surface area contributed by atoms with Gasteiger partial charge in [-0.2, -0.15) is 0 Å². The molecule has 7 heteroatoms. The fraction of sp³-hybridized carbons (Fsp3) is 0.207. The number of hydrogen-bond donors (Lipinski definition) is 3. The van der Waals surface area contributed by atoms with Gasteiger partial charge in [0.05, 0.1) is 30.9 Å². The standard InChI is InChI=1S/C29H26N2O5/c1-34-26-9-5-2-6-20(26)11-10-19-14-24(28-27(15-19)35-12-13-36-28)29(33)31-22(18-32)16-21-17-30-25-8-4-3-7-23(21)25/h2-9,14-15,17,22,30,32H,12-13,16,18H2,1H3,(H,31,33)/t22-/m1/s1. The minimum atomic E-state index is -0.486. The summed E-state index contributed by atoms with van der Waals surface area (Å²) < 4.78 is 16.9. The van der Waals surface area contributed by atoms with E-state index in [1.54, 1.807) is 19.2 Å². The number of aliphatic hydroxyl groups is 1. The number of H-pyrrole nitrogens is 1. The maximum atomic E-state index is 13.4. The van der Waals surface area contributed by atoms with Gasteiger partial charge in [0.25, 0.3) is 5.91 Å². The molecule has 36 heavy (non-hydrogen) atoms. The minimum absolute atomic E-state index is 0.210. The molecule has 3 aromatic carbocycles. The summed E-state index contributed by atoms with van der Waals surface area (Å²) >= 11 is 0. The first kappa shape index (κ1) is 23.3. The van der Waals surface area contributed by atoms with Crippen LogP contribution < -0.4 is 19.5 Å². The molecule has 1 aliphatic heterocycles. The third-order valence-electron chi connectivity index (χ3n) is 6.03. The van der Waals surface area contributed by atoms with E-state index in [1.807, 2.05) is 54.7 Å². The molecule has 3 N–H and O–H groups in total. The Morgan fingerprint density at radius 2 is 1.92 bits per heavy atom. The van der Waals surface area contributed by atoms with E-state index in [0.29, 0.717) is 48.0 Å². The summed E-state index contributed by atoms with van der Waals surface area (Å²) in [6, 6.07) is 18.4. The van der Waals surface area contributed by atoms with Crippen molar-refractivity contribution >= 4 is 16.8 Å².